The maximum atomic E-state index is 12.1. The average Bonchev–Trinajstić information content (AvgIpc) is 2.60. The van der Waals surface area contributed by atoms with Crippen LogP contribution in [0.15, 0.2) is 59.6 Å². The van der Waals surface area contributed by atoms with Gasteiger partial charge in [0.2, 0.25) is 0 Å². The first-order chi connectivity index (χ1) is 13.1. The highest BCUT2D eigenvalue weighted by Gasteiger charge is 2.30. The van der Waals surface area contributed by atoms with Gasteiger partial charge in [-0.25, -0.2) is 8.42 Å². The maximum Gasteiger partial charge on any atom is 0.573 e. The van der Waals surface area contributed by atoms with Gasteiger partial charge in [0.25, 0.3) is 0 Å². The minimum atomic E-state index is -4.75. The molecule has 3 N–H and O–H groups in total. The molecule has 6 nitrogen and oxygen atoms in total. The van der Waals surface area contributed by atoms with Gasteiger partial charge in [-0.2, -0.15) is 0 Å². The Balaban J connectivity index is 0.00000420. The molecule has 0 heterocycles. The van der Waals surface area contributed by atoms with Crippen LogP contribution in [0.5, 0.6) is 5.75 Å². The van der Waals surface area contributed by atoms with Crippen molar-refractivity contribution in [1.29, 1.82) is 0 Å². The van der Waals surface area contributed by atoms with Gasteiger partial charge in [-0.05, 0) is 36.2 Å². The molecule has 0 aliphatic rings. The zero-order chi connectivity index (χ0) is 20.6. The summed E-state index contributed by atoms with van der Waals surface area (Å²) in [6.07, 6.45) is -4.45. The Morgan fingerprint density at radius 2 is 1.69 bits per heavy atom. The van der Waals surface area contributed by atoms with Crippen LogP contribution in [0, 0.1) is 0 Å². The number of aliphatic imine (C=N–C) groups is 1. The van der Waals surface area contributed by atoms with Crippen LogP contribution in [0.1, 0.15) is 12.0 Å². The van der Waals surface area contributed by atoms with Gasteiger partial charge >= 0.3 is 6.36 Å². The van der Waals surface area contributed by atoms with Gasteiger partial charge in [0, 0.05) is 12.2 Å². The van der Waals surface area contributed by atoms with Crippen LogP contribution in [0.4, 0.5) is 18.9 Å². The number of nitrogens with two attached hydrogens (primary N) is 1. The van der Waals surface area contributed by atoms with E-state index in [1.165, 1.54) is 12.1 Å². The number of hydrogen-bond donors (Lipinski definition) is 2. The van der Waals surface area contributed by atoms with Crippen LogP contribution in [-0.4, -0.2) is 33.0 Å². The lowest BCUT2D eigenvalue weighted by Crippen LogP contribution is -2.23. The van der Waals surface area contributed by atoms with Crippen LogP contribution in [0.2, 0.25) is 0 Å². The van der Waals surface area contributed by atoms with E-state index in [-0.39, 0.29) is 53.7 Å². The zero-order valence-electron chi connectivity index (χ0n) is 15.2. The predicted octanol–water partition coefficient (Wildman–Crippen LogP) is 3.93. The van der Waals surface area contributed by atoms with Crippen LogP contribution >= 0.6 is 24.0 Å². The number of rotatable bonds is 8. The molecule has 0 saturated heterocycles. The number of sulfone groups is 1. The molecule has 0 bridgehead atoms. The summed E-state index contributed by atoms with van der Waals surface area (Å²) in [7, 11) is -3.25. The van der Waals surface area contributed by atoms with Crippen molar-refractivity contribution in [1.82, 2.24) is 0 Å². The van der Waals surface area contributed by atoms with Crippen molar-refractivity contribution in [3.8, 4) is 5.75 Å². The van der Waals surface area contributed by atoms with Gasteiger partial charge in [0.15, 0.2) is 15.8 Å². The van der Waals surface area contributed by atoms with E-state index in [9.17, 15) is 21.6 Å². The Morgan fingerprint density at radius 1 is 1.07 bits per heavy atom. The van der Waals surface area contributed by atoms with Crippen molar-refractivity contribution in [2.45, 2.75) is 18.5 Å². The van der Waals surface area contributed by atoms with Crippen molar-refractivity contribution in [2.24, 2.45) is 10.7 Å². The van der Waals surface area contributed by atoms with Crippen molar-refractivity contribution in [3.63, 3.8) is 0 Å². The van der Waals surface area contributed by atoms with Crippen molar-refractivity contribution in [3.05, 3.63) is 60.2 Å². The van der Waals surface area contributed by atoms with E-state index >= 15 is 0 Å². The van der Waals surface area contributed by atoms with E-state index in [1.807, 2.05) is 6.07 Å². The van der Waals surface area contributed by atoms with Gasteiger partial charge in [-0.1, -0.05) is 30.3 Å². The Bertz CT molecular complexity index is 890. The summed E-state index contributed by atoms with van der Waals surface area (Å²) in [6, 6.07) is 13.9. The number of alkyl halides is 3. The lowest BCUT2D eigenvalue weighted by molar-refractivity contribution is -0.274. The van der Waals surface area contributed by atoms with Crippen LogP contribution in [0.3, 0.4) is 0 Å². The molecule has 0 spiro atoms. The molecule has 0 unspecified atom stereocenters. The fraction of sp³-hybridized carbons (Fsp3) is 0.278. The second kappa shape index (κ2) is 11.2. The summed E-state index contributed by atoms with van der Waals surface area (Å²) < 4.78 is 64.3. The first-order valence-corrected chi connectivity index (χ1v) is 10.1. The molecule has 0 amide bonds. The summed E-state index contributed by atoms with van der Waals surface area (Å²) in [5.74, 6) is -0.373. The third kappa shape index (κ3) is 10.4. The van der Waals surface area contributed by atoms with E-state index in [2.05, 4.69) is 15.0 Å². The number of nitrogens with zero attached hydrogens (tertiary/aromatic N) is 1. The lowest BCUT2D eigenvalue weighted by Gasteiger charge is -2.10. The van der Waals surface area contributed by atoms with E-state index in [4.69, 9.17) is 5.73 Å². The number of halogens is 4. The maximum absolute atomic E-state index is 12.1. The molecule has 0 atom stereocenters. The summed E-state index contributed by atoms with van der Waals surface area (Å²) in [5.41, 5.74) is 6.85. The number of hydrogen-bond acceptors (Lipinski definition) is 4. The standard InChI is InChI=1S/C18H20F3N3O3S.HI/c19-18(20,21)27-16-9-7-15(8-10-16)24-17(22)23-11-4-12-28(25,26)13-14-5-2-1-3-6-14;/h1-3,5-10H,4,11-13H2,(H3,22,23,24);1H. The average molecular weight is 543 g/mol. The number of benzene rings is 2. The topological polar surface area (TPSA) is 93.8 Å². The Labute approximate surface area is 184 Å². The summed E-state index contributed by atoms with van der Waals surface area (Å²) in [5, 5.41) is 2.71. The third-order valence-corrected chi connectivity index (χ3v) is 5.17. The molecular formula is C18H21F3IN3O3S. The highest BCUT2D eigenvalue weighted by Crippen LogP contribution is 2.23. The highest BCUT2D eigenvalue weighted by molar-refractivity contribution is 14.0. The molecule has 0 aliphatic heterocycles. The number of anilines is 1. The second-order valence-corrected chi connectivity index (χ2v) is 8.08. The van der Waals surface area contributed by atoms with Gasteiger partial charge in [-0.3, -0.25) is 4.99 Å². The van der Waals surface area contributed by atoms with Crippen LogP contribution in [0.25, 0.3) is 0 Å². The van der Waals surface area contributed by atoms with Gasteiger partial charge in [0.05, 0.1) is 11.5 Å². The van der Waals surface area contributed by atoms with Gasteiger partial charge in [-0.15, -0.1) is 37.1 Å². The van der Waals surface area contributed by atoms with Crippen molar-refractivity contribution < 1.29 is 26.3 Å². The molecule has 29 heavy (non-hydrogen) atoms. The van der Waals surface area contributed by atoms with E-state index in [0.717, 1.165) is 17.7 Å². The monoisotopic (exact) mass is 543 g/mol. The molecule has 160 valence electrons. The van der Waals surface area contributed by atoms with Gasteiger partial charge in [0.1, 0.15) is 5.75 Å². The highest BCUT2D eigenvalue weighted by atomic mass is 127. The number of guanidine groups is 1. The summed E-state index contributed by atoms with van der Waals surface area (Å²) >= 11 is 0. The molecule has 0 saturated carbocycles. The first kappa shape index (κ1) is 25.0. The fourth-order valence-electron chi connectivity index (χ4n) is 2.31. The van der Waals surface area contributed by atoms with E-state index < -0.39 is 16.2 Å². The van der Waals surface area contributed by atoms with Crippen molar-refractivity contribution in [2.75, 3.05) is 17.6 Å². The molecule has 11 heteroatoms. The minimum absolute atomic E-state index is 0. The van der Waals surface area contributed by atoms with Crippen LogP contribution < -0.4 is 15.8 Å². The molecule has 0 fully saturated rings. The number of ether oxygens (including phenoxy) is 1. The molecular weight excluding hydrogens is 522 g/mol. The van der Waals surface area contributed by atoms with Crippen LogP contribution in [-0.2, 0) is 15.6 Å². The zero-order valence-corrected chi connectivity index (χ0v) is 18.4. The summed E-state index contributed by atoms with van der Waals surface area (Å²) in [4.78, 5) is 4.02. The first-order valence-electron chi connectivity index (χ1n) is 8.30. The van der Waals surface area contributed by atoms with Crippen molar-refractivity contribution >= 4 is 45.5 Å². The minimum Gasteiger partial charge on any atom is -0.406 e. The predicted molar refractivity (Wildman–Crippen MR) is 117 cm³/mol. The quantitative estimate of drug-likeness (QED) is 0.228. The largest absolute Gasteiger partial charge is 0.573 e. The molecule has 0 aliphatic carbocycles. The third-order valence-electron chi connectivity index (χ3n) is 3.49. The van der Waals surface area contributed by atoms with E-state index in [1.54, 1.807) is 24.3 Å². The smallest absolute Gasteiger partial charge is 0.406 e. The Kier molecular flexibility index (Phi) is 9.70. The van der Waals surface area contributed by atoms with Gasteiger partial charge < -0.3 is 15.8 Å². The molecule has 2 rings (SSSR count). The summed E-state index contributed by atoms with van der Waals surface area (Å²) in [6.45, 7) is 0.197. The molecule has 2 aromatic carbocycles. The normalized spacial score (nSPS) is 12.2. The SMILES string of the molecule is I.NC(=NCCCS(=O)(=O)Cc1ccccc1)Nc1ccc(OC(F)(F)F)cc1. The second-order valence-electron chi connectivity index (χ2n) is 5.90. The molecule has 0 aromatic heterocycles. The lowest BCUT2D eigenvalue weighted by atomic mass is 10.2. The Hall–Kier alpha value is -2.02. The fourth-order valence-corrected chi connectivity index (χ4v) is 3.73. The Morgan fingerprint density at radius 3 is 2.28 bits per heavy atom. The number of nitrogens with one attached hydrogen (secondary N) is 1. The molecule has 2 aromatic rings. The molecule has 0 radical (unpaired) electrons. The van der Waals surface area contributed by atoms with E-state index in [0.29, 0.717) is 12.1 Å².